The standard InChI is InChI=1S/C19H21NO4S/c1-14-3-5-17(6-4-14)19-13-20(11-12-24-19)25(22,23)18-9-7-16(8-10-18)15(2)21/h3-10,19H,11-13H2,1-2H3. The number of ketones is 1. The number of benzene rings is 2. The van der Waals surface area contributed by atoms with Crippen molar-refractivity contribution in [2.75, 3.05) is 19.7 Å². The summed E-state index contributed by atoms with van der Waals surface area (Å²) in [5, 5.41) is 0. The van der Waals surface area contributed by atoms with Crippen molar-refractivity contribution in [3.63, 3.8) is 0 Å². The van der Waals surface area contributed by atoms with Crippen LogP contribution in [0.4, 0.5) is 0 Å². The molecule has 0 aromatic heterocycles. The van der Waals surface area contributed by atoms with Gasteiger partial charge in [0.25, 0.3) is 0 Å². The third-order valence-electron chi connectivity index (χ3n) is 4.38. The highest BCUT2D eigenvalue weighted by molar-refractivity contribution is 7.89. The highest BCUT2D eigenvalue weighted by Crippen LogP contribution is 2.27. The van der Waals surface area contributed by atoms with Crippen molar-refractivity contribution in [2.24, 2.45) is 0 Å². The average molecular weight is 359 g/mol. The number of carbonyl (C=O) groups excluding carboxylic acids is 1. The number of ether oxygens (including phenoxy) is 1. The van der Waals surface area contributed by atoms with E-state index in [1.54, 1.807) is 12.1 Å². The van der Waals surface area contributed by atoms with Gasteiger partial charge in [-0.2, -0.15) is 4.31 Å². The van der Waals surface area contributed by atoms with Gasteiger partial charge in [0.1, 0.15) is 0 Å². The zero-order valence-corrected chi connectivity index (χ0v) is 15.1. The maximum atomic E-state index is 12.9. The van der Waals surface area contributed by atoms with Gasteiger partial charge in [-0.15, -0.1) is 0 Å². The minimum atomic E-state index is -3.61. The van der Waals surface area contributed by atoms with Crippen molar-refractivity contribution in [3.8, 4) is 0 Å². The minimum absolute atomic E-state index is 0.0882. The van der Waals surface area contributed by atoms with Gasteiger partial charge in [-0.3, -0.25) is 4.79 Å². The van der Waals surface area contributed by atoms with Gasteiger partial charge >= 0.3 is 0 Å². The van der Waals surface area contributed by atoms with E-state index in [0.717, 1.165) is 11.1 Å². The lowest BCUT2D eigenvalue weighted by atomic mass is 10.1. The van der Waals surface area contributed by atoms with Crippen molar-refractivity contribution in [1.29, 1.82) is 0 Å². The second kappa shape index (κ2) is 7.07. The Labute approximate surface area is 148 Å². The van der Waals surface area contributed by atoms with Crippen molar-refractivity contribution in [2.45, 2.75) is 24.8 Å². The third kappa shape index (κ3) is 3.81. The van der Waals surface area contributed by atoms with E-state index in [2.05, 4.69) is 0 Å². The van der Waals surface area contributed by atoms with E-state index in [1.165, 1.54) is 23.4 Å². The Kier molecular flexibility index (Phi) is 5.03. The average Bonchev–Trinajstić information content (AvgIpc) is 2.62. The molecule has 1 aliphatic heterocycles. The van der Waals surface area contributed by atoms with Crippen LogP contribution in [0.25, 0.3) is 0 Å². The summed E-state index contributed by atoms with van der Waals surface area (Å²) in [6, 6.07) is 14.0. The number of carbonyl (C=O) groups is 1. The molecule has 6 heteroatoms. The fourth-order valence-electron chi connectivity index (χ4n) is 2.84. The van der Waals surface area contributed by atoms with Crippen molar-refractivity contribution >= 4 is 15.8 Å². The van der Waals surface area contributed by atoms with Gasteiger partial charge in [0.2, 0.25) is 10.0 Å². The summed E-state index contributed by atoms with van der Waals surface area (Å²) < 4.78 is 33.0. The van der Waals surface area contributed by atoms with Crippen LogP contribution >= 0.6 is 0 Å². The zero-order valence-electron chi connectivity index (χ0n) is 14.3. The monoisotopic (exact) mass is 359 g/mol. The lowest BCUT2D eigenvalue weighted by molar-refractivity contribution is -0.00256. The number of morpholine rings is 1. The molecule has 0 spiro atoms. The van der Waals surface area contributed by atoms with Crippen LogP contribution in [0, 0.1) is 6.92 Å². The smallest absolute Gasteiger partial charge is 0.243 e. The number of aryl methyl sites for hydroxylation is 1. The van der Waals surface area contributed by atoms with E-state index in [4.69, 9.17) is 4.74 Å². The molecule has 2 aromatic rings. The molecule has 5 nitrogen and oxygen atoms in total. The largest absolute Gasteiger partial charge is 0.371 e. The number of nitrogens with zero attached hydrogens (tertiary/aromatic N) is 1. The summed E-state index contributed by atoms with van der Waals surface area (Å²) in [6.07, 6.45) is -0.277. The van der Waals surface area contributed by atoms with Gasteiger partial charge < -0.3 is 4.74 Å². The molecular formula is C19H21NO4S. The van der Waals surface area contributed by atoms with Gasteiger partial charge in [0.15, 0.2) is 5.78 Å². The molecule has 132 valence electrons. The quantitative estimate of drug-likeness (QED) is 0.788. The summed E-state index contributed by atoms with van der Waals surface area (Å²) in [5.74, 6) is -0.0882. The molecule has 0 bridgehead atoms. The van der Waals surface area contributed by atoms with Crippen LogP contribution < -0.4 is 0 Å². The summed E-state index contributed by atoms with van der Waals surface area (Å²) in [7, 11) is -3.61. The Bertz CT molecular complexity index is 857. The van der Waals surface area contributed by atoms with Crippen molar-refractivity contribution < 1.29 is 17.9 Å². The molecule has 1 heterocycles. The number of Topliss-reactive ketones (excluding diaryl/α,β-unsaturated/α-hetero) is 1. The summed E-state index contributed by atoms with van der Waals surface area (Å²) in [4.78, 5) is 11.6. The SMILES string of the molecule is CC(=O)c1ccc(S(=O)(=O)N2CCOC(c3ccc(C)cc3)C2)cc1. The molecule has 2 aromatic carbocycles. The second-order valence-electron chi connectivity index (χ2n) is 6.21. The van der Waals surface area contributed by atoms with Crippen LogP contribution in [-0.2, 0) is 14.8 Å². The fourth-order valence-corrected chi connectivity index (χ4v) is 4.26. The van der Waals surface area contributed by atoms with Crippen LogP contribution in [0.5, 0.6) is 0 Å². The number of hydrogen-bond acceptors (Lipinski definition) is 4. The Balaban J connectivity index is 1.81. The van der Waals surface area contributed by atoms with Crippen LogP contribution in [0.3, 0.4) is 0 Å². The van der Waals surface area contributed by atoms with Gasteiger partial charge in [-0.05, 0) is 31.5 Å². The molecule has 0 aliphatic carbocycles. The van der Waals surface area contributed by atoms with Crippen molar-refractivity contribution in [3.05, 3.63) is 65.2 Å². The predicted molar refractivity (Wildman–Crippen MR) is 95.1 cm³/mol. The van der Waals surface area contributed by atoms with Crippen LogP contribution in [-0.4, -0.2) is 38.2 Å². The second-order valence-corrected chi connectivity index (χ2v) is 8.15. The zero-order chi connectivity index (χ0) is 18.0. The lowest BCUT2D eigenvalue weighted by Crippen LogP contribution is -2.42. The first-order valence-corrected chi connectivity index (χ1v) is 9.61. The molecular weight excluding hydrogens is 338 g/mol. The van der Waals surface area contributed by atoms with Gasteiger partial charge in [0, 0.05) is 18.7 Å². The first-order chi connectivity index (χ1) is 11.9. The highest BCUT2D eigenvalue weighted by Gasteiger charge is 2.31. The first-order valence-electron chi connectivity index (χ1n) is 8.17. The molecule has 1 atom stereocenters. The molecule has 1 unspecified atom stereocenters. The molecule has 3 rings (SSSR count). The van der Waals surface area contributed by atoms with Crippen LogP contribution in [0.15, 0.2) is 53.4 Å². The van der Waals surface area contributed by atoms with E-state index in [1.807, 2.05) is 31.2 Å². The predicted octanol–water partition coefficient (Wildman–Crippen LogP) is 2.96. The number of rotatable bonds is 4. The van der Waals surface area contributed by atoms with Crippen molar-refractivity contribution in [1.82, 2.24) is 4.31 Å². The van der Waals surface area contributed by atoms with E-state index in [-0.39, 0.29) is 23.3 Å². The van der Waals surface area contributed by atoms with E-state index < -0.39 is 10.0 Å². The Morgan fingerprint density at radius 2 is 1.72 bits per heavy atom. The Morgan fingerprint density at radius 1 is 1.08 bits per heavy atom. The molecule has 0 amide bonds. The van der Waals surface area contributed by atoms with Gasteiger partial charge in [0.05, 0.1) is 17.6 Å². The molecule has 1 fully saturated rings. The highest BCUT2D eigenvalue weighted by atomic mass is 32.2. The Morgan fingerprint density at radius 3 is 2.32 bits per heavy atom. The van der Waals surface area contributed by atoms with E-state index >= 15 is 0 Å². The molecule has 0 saturated carbocycles. The molecule has 0 N–H and O–H groups in total. The van der Waals surface area contributed by atoms with Gasteiger partial charge in [-0.25, -0.2) is 8.42 Å². The lowest BCUT2D eigenvalue weighted by Gasteiger charge is -2.32. The summed E-state index contributed by atoms with van der Waals surface area (Å²) in [6.45, 7) is 4.41. The molecule has 1 saturated heterocycles. The molecule has 0 radical (unpaired) electrons. The molecule has 25 heavy (non-hydrogen) atoms. The summed E-state index contributed by atoms with van der Waals surface area (Å²) >= 11 is 0. The van der Waals surface area contributed by atoms with E-state index in [0.29, 0.717) is 18.7 Å². The maximum absolute atomic E-state index is 12.9. The number of hydrogen-bond donors (Lipinski definition) is 0. The van der Waals surface area contributed by atoms with Crippen LogP contribution in [0.1, 0.15) is 34.5 Å². The molecule has 1 aliphatic rings. The van der Waals surface area contributed by atoms with Gasteiger partial charge in [-0.1, -0.05) is 42.0 Å². The maximum Gasteiger partial charge on any atom is 0.243 e. The van der Waals surface area contributed by atoms with E-state index in [9.17, 15) is 13.2 Å². The first kappa shape index (κ1) is 17.8. The summed E-state index contributed by atoms with van der Waals surface area (Å²) in [5.41, 5.74) is 2.62. The fraction of sp³-hybridized carbons (Fsp3) is 0.316. The third-order valence-corrected chi connectivity index (χ3v) is 6.26. The number of sulfonamides is 1. The Hall–Kier alpha value is -2.02. The topological polar surface area (TPSA) is 63.7 Å². The minimum Gasteiger partial charge on any atom is -0.371 e. The van der Waals surface area contributed by atoms with Crippen LogP contribution in [0.2, 0.25) is 0 Å². The normalized spacial score (nSPS) is 18.9.